The third-order valence-electron chi connectivity index (χ3n) is 6.80. The zero-order valence-electron chi connectivity index (χ0n) is 23.6. The zero-order chi connectivity index (χ0) is 28.7. The predicted molar refractivity (Wildman–Crippen MR) is 163 cm³/mol. The fourth-order valence-electron chi connectivity index (χ4n) is 4.41. The second-order valence-electron chi connectivity index (χ2n) is 10.0. The minimum atomic E-state index is -0.454. The van der Waals surface area contributed by atoms with Crippen molar-refractivity contribution in [3.05, 3.63) is 114 Å². The molecule has 0 fully saturated rings. The molecule has 0 bridgehead atoms. The molecule has 0 heterocycles. The Kier molecular flexibility index (Phi) is 12.1. The van der Waals surface area contributed by atoms with E-state index in [0.29, 0.717) is 11.1 Å². The fraction of sp³-hybridized carbons (Fsp3) is 0.333. The van der Waals surface area contributed by atoms with Gasteiger partial charge in [-0.3, -0.25) is 9.59 Å². The summed E-state index contributed by atoms with van der Waals surface area (Å²) in [4.78, 5) is 23.6. The van der Waals surface area contributed by atoms with E-state index >= 15 is 0 Å². The molecule has 40 heavy (non-hydrogen) atoms. The van der Waals surface area contributed by atoms with Crippen LogP contribution in [0.3, 0.4) is 0 Å². The average Bonchev–Trinajstić information content (AvgIpc) is 3.22. The molecule has 4 heteroatoms. The van der Waals surface area contributed by atoms with E-state index in [1.54, 1.807) is 24.3 Å². The Morgan fingerprint density at radius 2 is 0.925 bits per heavy atom. The van der Waals surface area contributed by atoms with Crippen LogP contribution in [0.1, 0.15) is 98.6 Å². The summed E-state index contributed by atoms with van der Waals surface area (Å²) in [6.07, 6.45) is 11.4. The van der Waals surface area contributed by atoms with Gasteiger partial charge in [-0.25, -0.2) is 0 Å². The number of rotatable bonds is 10. The van der Waals surface area contributed by atoms with Crippen molar-refractivity contribution in [2.45, 2.75) is 78.1 Å². The number of aryl methyl sites for hydroxylation is 2. The zero-order valence-corrected chi connectivity index (χ0v) is 23.6. The molecule has 3 aromatic rings. The normalized spacial score (nSPS) is 10.2. The number of aromatic hydroxyl groups is 2. The van der Waals surface area contributed by atoms with Gasteiger partial charge in [0.1, 0.15) is 0 Å². The molecule has 3 rings (SSSR count). The van der Waals surface area contributed by atoms with Gasteiger partial charge in [-0.05, 0) is 97.5 Å². The van der Waals surface area contributed by atoms with Crippen molar-refractivity contribution in [2.75, 3.05) is 0 Å². The Balaban J connectivity index is 2.10. The summed E-state index contributed by atoms with van der Waals surface area (Å²) in [6.45, 7) is 4.43. The van der Waals surface area contributed by atoms with Crippen molar-refractivity contribution in [3.8, 4) is 35.2 Å². The van der Waals surface area contributed by atoms with E-state index in [1.807, 2.05) is 0 Å². The van der Waals surface area contributed by atoms with E-state index < -0.39 is 10.9 Å². The van der Waals surface area contributed by atoms with E-state index in [0.717, 1.165) is 36.8 Å². The lowest BCUT2D eigenvalue weighted by Crippen LogP contribution is -2.00. The van der Waals surface area contributed by atoms with Crippen molar-refractivity contribution >= 4 is 0 Å². The van der Waals surface area contributed by atoms with Gasteiger partial charge in [0.05, 0.1) is 0 Å². The Morgan fingerprint density at radius 1 is 0.525 bits per heavy atom. The summed E-state index contributed by atoms with van der Waals surface area (Å²) in [6, 6.07) is 16.1. The highest BCUT2D eigenvalue weighted by Gasteiger charge is 2.09. The van der Waals surface area contributed by atoms with Gasteiger partial charge in [-0.15, -0.1) is 0 Å². The smallest absolute Gasteiger partial charge is 0.220 e. The molecule has 0 radical (unpaired) electrons. The highest BCUT2D eigenvalue weighted by Crippen LogP contribution is 2.22. The van der Waals surface area contributed by atoms with Crippen LogP contribution in [0.25, 0.3) is 0 Å². The summed E-state index contributed by atoms with van der Waals surface area (Å²) >= 11 is 0. The fourth-order valence-corrected chi connectivity index (χ4v) is 4.41. The van der Waals surface area contributed by atoms with Crippen LogP contribution in [0.2, 0.25) is 0 Å². The molecule has 206 valence electrons. The minimum Gasteiger partial charge on any atom is -0.504 e. The van der Waals surface area contributed by atoms with Gasteiger partial charge >= 0.3 is 0 Å². The van der Waals surface area contributed by atoms with Crippen LogP contribution in [-0.2, 0) is 12.8 Å². The first-order chi connectivity index (χ1) is 19.4. The van der Waals surface area contributed by atoms with Gasteiger partial charge in [-0.1, -0.05) is 76.1 Å². The predicted octanol–water partition coefficient (Wildman–Crippen LogP) is 6.86. The second kappa shape index (κ2) is 16.0. The van der Waals surface area contributed by atoms with Crippen LogP contribution >= 0.6 is 0 Å². The Bertz CT molecular complexity index is 1430. The van der Waals surface area contributed by atoms with Gasteiger partial charge in [0.15, 0.2) is 11.5 Å². The largest absolute Gasteiger partial charge is 0.504 e. The molecule has 0 spiro atoms. The van der Waals surface area contributed by atoms with Crippen LogP contribution in [-0.4, -0.2) is 10.2 Å². The molecule has 2 N–H and O–H groups in total. The second-order valence-corrected chi connectivity index (χ2v) is 10.0. The number of hydrogen-bond donors (Lipinski definition) is 2. The van der Waals surface area contributed by atoms with Crippen LogP contribution in [0, 0.1) is 23.7 Å². The molecular formula is C36H38O4. The Hall–Kier alpha value is -4.28. The van der Waals surface area contributed by atoms with Crippen LogP contribution in [0.5, 0.6) is 11.5 Å². The molecule has 0 saturated heterocycles. The summed E-state index contributed by atoms with van der Waals surface area (Å²) in [7, 11) is 0. The highest BCUT2D eigenvalue weighted by molar-refractivity contribution is 5.57. The minimum absolute atomic E-state index is 0.315. The molecule has 0 aliphatic rings. The van der Waals surface area contributed by atoms with Gasteiger partial charge in [0.25, 0.3) is 0 Å². The molecular weight excluding hydrogens is 496 g/mol. The summed E-state index contributed by atoms with van der Waals surface area (Å²) in [5.41, 5.74) is 4.49. The average molecular weight is 535 g/mol. The Labute approximate surface area is 237 Å². The standard InChI is InChI=1S/C36H38O4/c1-3-5-7-9-11-29-25-31(19-13-27-15-21-33(37)34(38)22-16-27)32(26-30(29)12-10-8-6-4-2)20-14-28-17-23-35(39)36(40)24-18-28/h15-18,21-26H,3-12H2,1-2H3,(H,37,38)(H,39,40). The van der Waals surface area contributed by atoms with Crippen molar-refractivity contribution in [3.63, 3.8) is 0 Å². The quantitative estimate of drug-likeness (QED) is 0.220. The van der Waals surface area contributed by atoms with Crippen LogP contribution in [0.4, 0.5) is 0 Å². The summed E-state index contributed by atoms with van der Waals surface area (Å²) in [5, 5.41) is 19.5. The van der Waals surface area contributed by atoms with Gasteiger partial charge < -0.3 is 10.2 Å². The molecule has 0 aliphatic heterocycles. The first-order valence-electron chi connectivity index (χ1n) is 14.3. The van der Waals surface area contributed by atoms with E-state index in [-0.39, 0.29) is 11.5 Å². The molecule has 0 saturated carbocycles. The first-order valence-corrected chi connectivity index (χ1v) is 14.3. The monoisotopic (exact) mass is 534 g/mol. The van der Waals surface area contributed by atoms with Gasteiger partial charge in [0.2, 0.25) is 10.9 Å². The number of hydrogen-bond acceptors (Lipinski definition) is 4. The van der Waals surface area contributed by atoms with Crippen LogP contribution < -0.4 is 10.9 Å². The summed E-state index contributed by atoms with van der Waals surface area (Å²) < 4.78 is 0. The van der Waals surface area contributed by atoms with Crippen molar-refractivity contribution in [1.82, 2.24) is 0 Å². The van der Waals surface area contributed by atoms with E-state index in [1.165, 1.54) is 73.9 Å². The van der Waals surface area contributed by atoms with Crippen molar-refractivity contribution in [2.24, 2.45) is 0 Å². The highest BCUT2D eigenvalue weighted by atomic mass is 16.3. The molecule has 3 aromatic carbocycles. The maximum absolute atomic E-state index is 11.8. The molecule has 0 atom stereocenters. The third kappa shape index (κ3) is 9.48. The SMILES string of the molecule is CCCCCCc1cc(C#Cc2ccc(O)c(=O)cc2)c(C#Cc2ccc(O)c(=O)cc2)cc1CCCCCC. The van der Waals surface area contributed by atoms with Crippen LogP contribution in [0.15, 0.2) is 70.3 Å². The molecule has 4 nitrogen and oxygen atoms in total. The molecule has 0 aromatic heterocycles. The lowest BCUT2D eigenvalue weighted by atomic mass is 9.91. The van der Waals surface area contributed by atoms with Gasteiger partial charge in [0, 0.05) is 22.3 Å². The van der Waals surface area contributed by atoms with E-state index in [9.17, 15) is 19.8 Å². The lowest BCUT2D eigenvalue weighted by Gasteiger charge is -2.13. The van der Waals surface area contributed by atoms with Gasteiger partial charge in [-0.2, -0.15) is 0 Å². The Morgan fingerprint density at radius 3 is 1.32 bits per heavy atom. The molecule has 0 amide bonds. The molecule has 0 aliphatic carbocycles. The van der Waals surface area contributed by atoms with E-state index in [4.69, 9.17) is 0 Å². The van der Waals surface area contributed by atoms with E-state index in [2.05, 4.69) is 49.7 Å². The maximum Gasteiger partial charge on any atom is 0.220 e. The van der Waals surface area contributed by atoms with Crippen molar-refractivity contribution in [1.29, 1.82) is 0 Å². The lowest BCUT2D eigenvalue weighted by molar-refractivity contribution is 0.470. The maximum atomic E-state index is 11.8. The third-order valence-corrected chi connectivity index (χ3v) is 6.80. The number of benzene rings is 1. The van der Waals surface area contributed by atoms with Crippen molar-refractivity contribution < 1.29 is 10.2 Å². The summed E-state index contributed by atoms with van der Waals surface area (Å²) in [5.74, 6) is 12.2. The first kappa shape index (κ1) is 30.3. The topological polar surface area (TPSA) is 74.6 Å². The number of unbranched alkanes of at least 4 members (excludes halogenated alkanes) is 6. The molecule has 0 unspecified atom stereocenters.